The number of nitrogens with one attached hydrogen (secondary N) is 2. The number of hydrogen-bond donors (Lipinski definition) is 2. The third-order valence-corrected chi connectivity index (χ3v) is 5.59. The molecule has 0 fully saturated rings. The maximum absolute atomic E-state index is 15.0. The van der Waals surface area contributed by atoms with Gasteiger partial charge >= 0.3 is 6.18 Å². The van der Waals surface area contributed by atoms with Gasteiger partial charge in [0.05, 0.1) is 31.2 Å². The second-order valence-corrected chi connectivity index (χ2v) is 8.19. The Morgan fingerprint density at radius 3 is 2.28 bits per heavy atom. The van der Waals surface area contributed by atoms with E-state index in [-0.39, 0.29) is 23.6 Å². The molecular formula is C27H21F4N3O5. The maximum atomic E-state index is 15.0. The fourth-order valence-corrected chi connectivity index (χ4v) is 3.78. The molecule has 1 atom stereocenters. The lowest BCUT2D eigenvalue weighted by Crippen LogP contribution is -2.48. The number of halogens is 4. The van der Waals surface area contributed by atoms with E-state index in [1.807, 2.05) is 0 Å². The fraction of sp³-hybridized carbons (Fsp3) is 0.148. The molecule has 2 heterocycles. The minimum absolute atomic E-state index is 0.115. The van der Waals surface area contributed by atoms with Crippen molar-refractivity contribution in [3.05, 3.63) is 114 Å². The van der Waals surface area contributed by atoms with Crippen LogP contribution in [-0.2, 0) is 22.3 Å². The smallest absolute Gasteiger partial charge is 0.416 e. The van der Waals surface area contributed by atoms with Crippen LogP contribution in [0.25, 0.3) is 0 Å². The monoisotopic (exact) mass is 543 g/mol. The molecule has 39 heavy (non-hydrogen) atoms. The maximum Gasteiger partial charge on any atom is 0.416 e. The summed E-state index contributed by atoms with van der Waals surface area (Å²) >= 11 is 0. The van der Waals surface area contributed by atoms with Crippen LogP contribution < -0.4 is 15.5 Å². The summed E-state index contributed by atoms with van der Waals surface area (Å²) < 4.78 is 65.8. The largest absolute Gasteiger partial charge is 0.467 e. The van der Waals surface area contributed by atoms with Crippen LogP contribution in [0.1, 0.15) is 33.5 Å². The first-order valence-corrected chi connectivity index (χ1v) is 11.5. The van der Waals surface area contributed by atoms with Gasteiger partial charge in [-0.05, 0) is 48.5 Å². The summed E-state index contributed by atoms with van der Waals surface area (Å²) in [7, 11) is 0. The molecule has 2 aromatic heterocycles. The predicted molar refractivity (Wildman–Crippen MR) is 130 cm³/mol. The minimum Gasteiger partial charge on any atom is -0.467 e. The summed E-state index contributed by atoms with van der Waals surface area (Å²) in [6.45, 7) is -0.886. The molecule has 0 saturated carbocycles. The van der Waals surface area contributed by atoms with Gasteiger partial charge in [0.15, 0.2) is 5.76 Å². The van der Waals surface area contributed by atoms with Gasteiger partial charge in [0.25, 0.3) is 5.91 Å². The van der Waals surface area contributed by atoms with E-state index >= 15 is 4.39 Å². The van der Waals surface area contributed by atoms with Crippen molar-refractivity contribution >= 4 is 23.4 Å². The molecule has 0 aliphatic carbocycles. The van der Waals surface area contributed by atoms with E-state index in [0.717, 1.165) is 18.2 Å². The lowest BCUT2D eigenvalue weighted by Gasteiger charge is -2.32. The third-order valence-electron chi connectivity index (χ3n) is 5.59. The summed E-state index contributed by atoms with van der Waals surface area (Å²) in [6, 6.07) is 12.9. The van der Waals surface area contributed by atoms with E-state index in [4.69, 9.17) is 8.83 Å². The lowest BCUT2D eigenvalue weighted by molar-refractivity contribution is -0.137. The van der Waals surface area contributed by atoms with Crippen molar-refractivity contribution < 1.29 is 40.8 Å². The van der Waals surface area contributed by atoms with E-state index in [2.05, 4.69) is 10.6 Å². The van der Waals surface area contributed by atoms with Gasteiger partial charge in [0.2, 0.25) is 11.8 Å². The van der Waals surface area contributed by atoms with Crippen LogP contribution in [0.15, 0.2) is 94.2 Å². The van der Waals surface area contributed by atoms with E-state index in [1.165, 1.54) is 48.9 Å². The van der Waals surface area contributed by atoms with E-state index in [0.29, 0.717) is 16.7 Å². The van der Waals surface area contributed by atoms with E-state index < -0.39 is 47.9 Å². The minimum atomic E-state index is -4.77. The van der Waals surface area contributed by atoms with Crippen LogP contribution in [0.4, 0.5) is 23.2 Å². The predicted octanol–water partition coefficient (Wildman–Crippen LogP) is 4.85. The topological polar surface area (TPSA) is 105 Å². The third kappa shape index (κ3) is 6.53. The number of carbonyl (C=O) groups excluding carboxylic acids is 3. The molecule has 0 unspecified atom stereocenters. The fourth-order valence-electron chi connectivity index (χ4n) is 3.78. The molecule has 2 N–H and O–H groups in total. The highest BCUT2D eigenvalue weighted by molar-refractivity contribution is 6.04. The van der Waals surface area contributed by atoms with E-state index in [1.54, 1.807) is 12.1 Å². The Kier molecular flexibility index (Phi) is 8.13. The molecule has 0 spiro atoms. The van der Waals surface area contributed by atoms with Crippen molar-refractivity contribution in [3.8, 4) is 0 Å². The van der Waals surface area contributed by atoms with Crippen molar-refractivity contribution in [1.82, 2.24) is 10.6 Å². The number of anilines is 1. The number of amides is 3. The van der Waals surface area contributed by atoms with Gasteiger partial charge in [0.1, 0.15) is 17.6 Å². The Balaban J connectivity index is 1.75. The molecule has 0 aliphatic heterocycles. The SMILES string of the molecule is O=C(NCC(=O)N(c1cccc(C(F)(F)F)c1)[C@H](C(=O)NCc1ccco1)c1ccccc1F)c1ccco1. The zero-order valence-corrected chi connectivity index (χ0v) is 20.1. The lowest BCUT2D eigenvalue weighted by atomic mass is 10.0. The number of hydrogen-bond acceptors (Lipinski definition) is 5. The zero-order chi connectivity index (χ0) is 28.0. The standard InChI is InChI=1S/C27H21F4N3O5/c28-21-10-2-1-9-20(21)24(26(37)32-15-19-8-4-12-38-19)34(18-7-3-6-17(14-18)27(29,30)31)23(35)16-33-25(36)22-11-5-13-39-22/h1-14,24H,15-16H2,(H,32,37)(H,33,36)/t24-/m0/s1. The number of carbonyl (C=O) groups is 3. The molecule has 12 heteroatoms. The van der Waals surface area contributed by atoms with Gasteiger partial charge in [-0.15, -0.1) is 0 Å². The molecule has 2 aromatic carbocycles. The second kappa shape index (κ2) is 11.7. The van der Waals surface area contributed by atoms with Gasteiger partial charge in [-0.2, -0.15) is 13.2 Å². The average Bonchev–Trinajstić information content (AvgIpc) is 3.64. The Labute approximate surface area is 219 Å². The normalized spacial score (nSPS) is 12.0. The first-order chi connectivity index (χ1) is 18.6. The first-order valence-electron chi connectivity index (χ1n) is 11.5. The molecule has 4 rings (SSSR count). The van der Waals surface area contributed by atoms with Crippen LogP contribution in [0.5, 0.6) is 0 Å². The summed E-state index contributed by atoms with van der Waals surface area (Å²) in [6.07, 6.45) is -2.16. The van der Waals surface area contributed by atoms with Gasteiger partial charge in [0, 0.05) is 11.3 Å². The highest BCUT2D eigenvalue weighted by atomic mass is 19.4. The second-order valence-electron chi connectivity index (χ2n) is 8.19. The highest BCUT2D eigenvalue weighted by Gasteiger charge is 2.37. The Bertz CT molecular complexity index is 1440. The van der Waals surface area contributed by atoms with Gasteiger partial charge < -0.3 is 19.5 Å². The van der Waals surface area contributed by atoms with Crippen molar-refractivity contribution in [3.63, 3.8) is 0 Å². The molecule has 3 amide bonds. The zero-order valence-electron chi connectivity index (χ0n) is 20.1. The summed E-state index contributed by atoms with van der Waals surface area (Å²) in [5, 5.41) is 4.84. The number of rotatable bonds is 9. The average molecular weight is 543 g/mol. The first kappa shape index (κ1) is 27.2. The molecule has 8 nitrogen and oxygen atoms in total. The van der Waals surface area contributed by atoms with Gasteiger partial charge in [-0.3, -0.25) is 19.3 Å². The van der Waals surface area contributed by atoms with Crippen LogP contribution >= 0.6 is 0 Å². The summed E-state index contributed by atoms with van der Waals surface area (Å²) in [5.74, 6) is -3.31. The van der Waals surface area contributed by atoms with Crippen molar-refractivity contribution in [2.45, 2.75) is 18.8 Å². The number of nitrogens with zero attached hydrogens (tertiary/aromatic N) is 1. The molecule has 0 saturated heterocycles. The van der Waals surface area contributed by atoms with Crippen LogP contribution in [-0.4, -0.2) is 24.3 Å². The van der Waals surface area contributed by atoms with Crippen molar-refractivity contribution in [2.24, 2.45) is 0 Å². The number of alkyl halides is 3. The molecule has 4 aromatic rings. The molecular weight excluding hydrogens is 522 g/mol. The van der Waals surface area contributed by atoms with Gasteiger partial charge in [-0.1, -0.05) is 24.3 Å². The quantitative estimate of drug-likeness (QED) is 0.294. The Hall–Kier alpha value is -4.87. The van der Waals surface area contributed by atoms with Gasteiger partial charge in [-0.25, -0.2) is 4.39 Å². The van der Waals surface area contributed by atoms with Crippen LogP contribution in [0.2, 0.25) is 0 Å². The Morgan fingerprint density at radius 1 is 0.872 bits per heavy atom. The van der Waals surface area contributed by atoms with Crippen molar-refractivity contribution in [2.75, 3.05) is 11.4 Å². The number of benzene rings is 2. The Morgan fingerprint density at radius 2 is 1.62 bits per heavy atom. The van der Waals surface area contributed by atoms with Crippen LogP contribution in [0.3, 0.4) is 0 Å². The summed E-state index contributed by atoms with van der Waals surface area (Å²) in [4.78, 5) is 40.1. The highest BCUT2D eigenvalue weighted by Crippen LogP contribution is 2.35. The van der Waals surface area contributed by atoms with Crippen LogP contribution in [0, 0.1) is 5.82 Å². The molecule has 0 radical (unpaired) electrons. The number of furan rings is 2. The molecule has 0 bridgehead atoms. The summed E-state index contributed by atoms with van der Waals surface area (Å²) in [5.41, 5.74) is -1.72. The molecule has 202 valence electrons. The van der Waals surface area contributed by atoms with Crippen molar-refractivity contribution in [1.29, 1.82) is 0 Å². The van der Waals surface area contributed by atoms with E-state index in [9.17, 15) is 27.6 Å². The molecule has 0 aliphatic rings.